The zero-order chi connectivity index (χ0) is 18.2. The number of rotatable bonds is 7. The van der Waals surface area contributed by atoms with E-state index in [1.807, 2.05) is 44.2 Å². The minimum absolute atomic E-state index is 0.175. The summed E-state index contributed by atoms with van der Waals surface area (Å²) in [5.41, 5.74) is 3.18. The Balaban J connectivity index is 1.69. The van der Waals surface area contributed by atoms with Crippen LogP contribution in [-0.2, 0) is 20.9 Å². The maximum atomic E-state index is 11.8. The summed E-state index contributed by atoms with van der Waals surface area (Å²) in [5.74, 6) is -0.568. The molecule has 2 aromatic rings. The molecule has 2 aromatic carbocycles. The van der Waals surface area contributed by atoms with Gasteiger partial charge in [-0.1, -0.05) is 41.4 Å². The van der Waals surface area contributed by atoms with Crippen LogP contribution in [0.4, 0.5) is 0 Å². The van der Waals surface area contributed by atoms with E-state index in [0.29, 0.717) is 11.6 Å². The molecule has 0 radical (unpaired) electrons. The number of carbonyl (C=O) groups excluding carboxylic acids is 2. The molecule has 0 aromatic heterocycles. The van der Waals surface area contributed by atoms with Crippen molar-refractivity contribution in [3.05, 3.63) is 64.2 Å². The topological polar surface area (TPSA) is 55.4 Å². The molecule has 0 heterocycles. The molecule has 0 spiro atoms. The molecule has 132 valence electrons. The molecule has 0 fully saturated rings. The van der Waals surface area contributed by atoms with Gasteiger partial charge in [0.1, 0.15) is 0 Å². The summed E-state index contributed by atoms with van der Waals surface area (Å²) in [6.45, 7) is 4.09. The fourth-order valence-electron chi connectivity index (χ4n) is 2.04. The van der Waals surface area contributed by atoms with Crippen molar-refractivity contribution in [2.24, 2.45) is 0 Å². The Morgan fingerprint density at radius 2 is 1.84 bits per heavy atom. The van der Waals surface area contributed by atoms with Crippen molar-refractivity contribution in [2.45, 2.75) is 25.3 Å². The van der Waals surface area contributed by atoms with Crippen LogP contribution in [0.25, 0.3) is 0 Å². The van der Waals surface area contributed by atoms with E-state index < -0.39 is 5.97 Å². The zero-order valence-corrected chi connectivity index (χ0v) is 15.7. The third kappa shape index (κ3) is 6.80. The molecule has 6 heteroatoms. The summed E-state index contributed by atoms with van der Waals surface area (Å²) in [6.07, 6.45) is 0. The molecule has 0 aliphatic carbocycles. The zero-order valence-electron chi connectivity index (χ0n) is 14.2. The lowest BCUT2D eigenvalue weighted by atomic mass is 10.2. The van der Waals surface area contributed by atoms with Gasteiger partial charge in [-0.15, -0.1) is 11.8 Å². The summed E-state index contributed by atoms with van der Waals surface area (Å²) >= 11 is 7.22. The molecular formula is C19H20ClNO3S. The van der Waals surface area contributed by atoms with Crippen LogP contribution in [0, 0.1) is 13.8 Å². The number of benzene rings is 2. The molecule has 1 amide bonds. The molecule has 0 saturated heterocycles. The lowest BCUT2D eigenvalue weighted by molar-refractivity contribution is -0.145. The van der Waals surface area contributed by atoms with Gasteiger partial charge in [0, 0.05) is 16.5 Å². The lowest BCUT2D eigenvalue weighted by Crippen LogP contribution is -2.28. The largest absolute Gasteiger partial charge is 0.455 e. The van der Waals surface area contributed by atoms with Gasteiger partial charge < -0.3 is 10.1 Å². The molecule has 0 atom stereocenters. The van der Waals surface area contributed by atoms with E-state index in [4.69, 9.17) is 16.3 Å². The highest BCUT2D eigenvalue weighted by atomic mass is 35.5. The third-order valence-corrected chi connectivity index (χ3v) is 4.84. The first kappa shape index (κ1) is 19.3. The summed E-state index contributed by atoms with van der Waals surface area (Å²) < 4.78 is 5.01. The molecule has 0 aliphatic heterocycles. The number of nitrogens with one attached hydrogen (secondary N) is 1. The van der Waals surface area contributed by atoms with Gasteiger partial charge in [-0.2, -0.15) is 0 Å². The number of hydrogen-bond acceptors (Lipinski definition) is 4. The van der Waals surface area contributed by atoms with Crippen molar-refractivity contribution in [3.63, 3.8) is 0 Å². The normalized spacial score (nSPS) is 10.4. The van der Waals surface area contributed by atoms with Crippen LogP contribution in [0.1, 0.15) is 16.7 Å². The predicted octanol–water partition coefficient (Wildman–Crippen LogP) is 3.91. The number of carbonyl (C=O) groups is 2. The van der Waals surface area contributed by atoms with Crippen LogP contribution in [0.3, 0.4) is 0 Å². The van der Waals surface area contributed by atoms with Crippen LogP contribution < -0.4 is 5.32 Å². The molecule has 0 aliphatic rings. The van der Waals surface area contributed by atoms with E-state index in [9.17, 15) is 9.59 Å². The van der Waals surface area contributed by atoms with Gasteiger partial charge in [-0.25, -0.2) is 0 Å². The Hall–Kier alpha value is -1.98. The molecular weight excluding hydrogens is 358 g/mol. The fourth-order valence-corrected chi connectivity index (χ4v) is 3.09. The van der Waals surface area contributed by atoms with Crippen LogP contribution >= 0.6 is 23.4 Å². The number of ether oxygens (including phenoxy) is 1. The highest BCUT2D eigenvalue weighted by molar-refractivity contribution is 8.00. The fraction of sp³-hybridized carbons (Fsp3) is 0.263. The average molecular weight is 378 g/mol. The second-order valence-corrected chi connectivity index (χ2v) is 7.08. The summed E-state index contributed by atoms with van der Waals surface area (Å²) in [4.78, 5) is 24.6. The second kappa shape index (κ2) is 9.49. The van der Waals surface area contributed by atoms with Crippen molar-refractivity contribution >= 4 is 35.2 Å². The van der Waals surface area contributed by atoms with Gasteiger partial charge in [-0.05, 0) is 43.2 Å². The van der Waals surface area contributed by atoms with Crippen LogP contribution in [0.5, 0.6) is 0 Å². The summed E-state index contributed by atoms with van der Waals surface area (Å²) in [7, 11) is 0. The van der Waals surface area contributed by atoms with Gasteiger partial charge >= 0.3 is 5.97 Å². The predicted molar refractivity (Wildman–Crippen MR) is 101 cm³/mol. The monoisotopic (exact) mass is 377 g/mol. The van der Waals surface area contributed by atoms with Crippen molar-refractivity contribution in [1.29, 1.82) is 0 Å². The first-order chi connectivity index (χ1) is 11.9. The van der Waals surface area contributed by atoms with E-state index in [1.54, 1.807) is 12.1 Å². The first-order valence-corrected chi connectivity index (χ1v) is 9.17. The maximum absolute atomic E-state index is 11.8. The quantitative estimate of drug-likeness (QED) is 0.587. The van der Waals surface area contributed by atoms with E-state index in [1.165, 1.54) is 11.8 Å². The molecule has 25 heavy (non-hydrogen) atoms. The van der Waals surface area contributed by atoms with Crippen LogP contribution in [-0.4, -0.2) is 24.2 Å². The van der Waals surface area contributed by atoms with E-state index in [-0.39, 0.29) is 18.3 Å². The number of halogens is 1. The van der Waals surface area contributed by atoms with Crippen molar-refractivity contribution < 1.29 is 14.3 Å². The van der Waals surface area contributed by atoms with E-state index >= 15 is 0 Å². The number of thioether (sulfide) groups is 1. The number of amides is 1. The highest BCUT2D eigenvalue weighted by Crippen LogP contribution is 2.23. The Kier molecular flexibility index (Phi) is 7.34. The number of esters is 1. The molecule has 0 saturated carbocycles. The second-order valence-electron chi connectivity index (χ2n) is 5.62. The smallest absolute Gasteiger partial charge is 0.316 e. The van der Waals surface area contributed by atoms with Gasteiger partial charge in [0.15, 0.2) is 6.61 Å². The third-order valence-electron chi connectivity index (χ3n) is 3.46. The van der Waals surface area contributed by atoms with E-state index in [2.05, 4.69) is 5.32 Å². The molecule has 2 rings (SSSR count). The van der Waals surface area contributed by atoms with Gasteiger partial charge in [-0.3, -0.25) is 9.59 Å². The molecule has 1 N–H and O–H groups in total. The summed E-state index contributed by atoms with van der Waals surface area (Å²) in [5, 5.41) is 3.34. The molecule has 0 unspecified atom stereocenters. The lowest BCUT2D eigenvalue weighted by Gasteiger charge is -2.08. The Labute approximate surface area is 156 Å². The van der Waals surface area contributed by atoms with Gasteiger partial charge in [0.25, 0.3) is 5.91 Å². The standard InChI is InChI=1S/C19H20ClNO3S/c1-13-3-4-14(2)17(9-13)25-12-19(23)24-11-18(22)21-10-15-5-7-16(20)8-6-15/h3-9H,10-12H2,1-2H3,(H,21,22). The van der Waals surface area contributed by atoms with E-state index in [0.717, 1.165) is 21.6 Å². The van der Waals surface area contributed by atoms with Crippen molar-refractivity contribution in [2.75, 3.05) is 12.4 Å². The van der Waals surface area contributed by atoms with Crippen molar-refractivity contribution in [3.8, 4) is 0 Å². The van der Waals surface area contributed by atoms with Gasteiger partial charge in [0.2, 0.25) is 0 Å². The Morgan fingerprint density at radius 1 is 1.12 bits per heavy atom. The molecule has 4 nitrogen and oxygen atoms in total. The maximum Gasteiger partial charge on any atom is 0.316 e. The number of aryl methyl sites for hydroxylation is 2. The Morgan fingerprint density at radius 3 is 2.56 bits per heavy atom. The summed E-state index contributed by atoms with van der Waals surface area (Å²) in [6, 6.07) is 13.3. The van der Waals surface area contributed by atoms with Crippen LogP contribution in [0.15, 0.2) is 47.4 Å². The van der Waals surface area contributed by atoms with Gasteiger partial charge in [0.05, 0.1) is 5.75 Å². The SMILES string of the molecule is Cc1ccc(C)c(SCC(=O)OCC(=O)NCc2ccc(Cl)cc2)c1. The van der Waals surface area contributed by atoms with Crippen molar-refractivity contribution in [1.82, 2.24) is 5.32 Å². The number of hydrogen-bond donors (Lipinski definition) is 1. The first-order valence-electron chi connectivity index (χ1n) is 7.81. The highest BCUT2D eigenvalue weighted by Gasteiger charge is 2.09. The minimum Gasteiger partial charge on any atom is -0.455 e. The molecule has 0 bridgehead atoms. The Bertz CT molecular complexity index is 747. The van der Waals surface area contributed by atoms with Crippen LogP contribution in [0.2, 0.25) is 5.02 Å². The minimum atomic E-state index is -0.410. The average Bonchev–Trinajstić information content (AvgIpc) is 2.60.